The minimum Gasteiger partial charge on any atom is -0.321 e. The molecule has 0 saturated carbocycles. The summed E-state index contributed by atoms with van der Waals surface area (Å²) in [5.41, 5.74) is 3.50. The molecule has 1 atom stereocenters. The van der Waals surface area contributed by atoms with Gasteiger partial charge in [0.2, 0.25) is 5.91 Å². The van der Waals surface area contributed by atoms with Crippen LogP contribution in [-0.2, 0) is 9.59 Å². The molecule has 6 nitrogen and oxygen atoms in total. The lowest BCUT2D eigenvalue weighted by atomic mass is 10.0. The van der Waals surface area contributed by atoms with E-state index in [-0.39, 0.29) is 17.5 Å². The van der Waals surface area contributed by atoms with Crippen molar-refractivity contribution in [1.82, 2.24) is 5.32 Å². The highest BCUT2D eigenvalue weighted by molar-refractivity contribution is 8.00. The SMILES string of the molecule is CC(Sc1ccc(NC(=O)/C(=C/c2cccc3ccccc23)NC(=O)c2ccccc2)cc1)C(=O)N(c1ccccc1)c1ccccc1. The molecule has 6 aromatic carbocycles. The number of carbonyl (C=O) groups is 3. The van der Waals surface area contributed by atoms with Gasteiger partial charge in [-0.25, -0.2) is 0 Å². The van der Waals surface area contributed by atoms with Crippen LogP contribution in [0.4, 0.5) is 17.1 Å². The first-order chi connectivity index (χ1) is 23.5. The maximum Gasteiger partial charge on any atom is 0.272 e. The van der Waals surface area contributed by atoms with E-state index in [1.54, 1.807) is 47.4 Å². The largest absolute Gasteiger partial charge is 0.321 e. The summed E-state index contributed by atoms with van der Waals surface area (Å²) in [5, 5.41) is 7.33. The molecule has 7 heteroatoms. The summed E-state index contributed by atoms with van der Waals surface area (Å²) < 4.78 is 0. The molecule has 48 heavy (non-hydrogen) atoms. The second kappa shape index (κ2) is 15.1. The first-order valence-corrected chi connectivity index (χ1v) is 16.4. The summed E-state index contributed by atoms with van der Waals surface area (Å²) >= 11 is 1.44. The fourth-order valence-electron chi connectivity index (χ4n) is 5.28. The molecule has 0 fully saturated rings. The van der Waals surface area contributed by atoms with Gasteiger partial charge in [0.15, 0.2) is 0 Å². The molecule has 0 aliphatic carbocycles. The second-order valence-corrected chi connectivity index (χ2v) is 12.4. The van der Waals surface area contributed by atoms with Crippen LogP contribution < -0.4 is 15.5 Å². The Bertz CT molecular complexity index is 2020. The van der Waals surface area contributed by atoms with E-state index in [2.05, 4.69) is 10.6 Å². The average Bonchev–Trinajstić information content (AvgIpc) is 3.13. The Kier molecular flexibility index (Phi) is 10.1. The highest BCUT2D eigenvalue weighted by Crippen LogP contribution is 2.32. The molecular weight excluding hydrogens is 615 g/mol. The van der Waals surface area contributed by atoms with Crippen LogP contribution in [-0.4, -0.2) is 23.0 Å². The van der Waals surface area contributed by atoms with E-state index < -0.39 is 11.2 Å². The van der Waals surface area contributed by atoms with E-state index in [0.717, 1.165) is 32.6 Å². The lowest BCUT2D eigenvalue weighted by Crippen LogP contribution is -2.32. The first-order valence-electron chi connectivity index (χ1n) is 15.5. The molecule has 6 rings (SSSR count). The molecule has 6 aromatic rings. The standard InChI is InChI=1S/C41H33N3O3S/c1-29(41(47)44(34-19-7-3-8-20-34)35-21-9-4-10-22-35)48-36-26-24-33(25-27-36)42-40(46)38(43-39(45)31-15-5-2-6-16-31)28-32-18-13-17-30-14-11-12-23-37(30)32/h2-29H,1H3,(H,42,46)(H,43,45)/b38-28-. The summed E-state index contributed by atoms with van der Waals surface area (Å²) in [7, 11) is 0. The van der Waals surface area contributed by atoms with Gasteiger partial charge in [-0.15, -0.1) is 11.8 Å². The van der Waals surface area contributed by atoms with Crippen LogP contribution in [0.25, 0.3) is 16.8 Å². The monoisotopic (exact) mass is 647 g/mol. The number of thioether (sulfide) groups is 1. The predicted molar refractivity (Wildman–Crippen MR) is 196 cm³/mol. The molecule has 0 bridgehead atoms. The van der Waals surface area contributed by atoms with Crippen molar-refractivity contribution in [3.63, 3.8) is 0 Å². The number of nitrogens with zero attached hydrogens (tertiary/aromatic N) is 1. The number of anilines is 3. The van der Waals surface area contributed by atoms with Gasteiger partial charge in [-0.3, -0.25) is 19.3 Å². The molecule has 0 aliphatic heterocycles. The third-order valence-corrected chi connectivity index (χ3v) is 8.77. The lowest BCUT2D eigenvalue weighted by Gasteiger charge is -2.26. The van der Waals surface area contributed by atoms with Gasteiger partial charge in [0, 0.05) is 27.5 Å². The molecule has 0 radical (unpaired) electrons. The zero-order valence-electron chi connectivity index (χ0n) is 26.2. The number of nitrogens with one attached hydrogen (secondary N) is 2. The molecule has 2 N–H and O–H groups in total. The van der Waals surface area contributed by atoms with Crippen molar-refractivity contribution in [3.05, 3.63) is 175 Å². The molecular formula is C41H33N3O3S. The van der Waals surface area contributed by atoms with Crippen molar-refractivity contribution >= 4 is 63.4 Å². The number of para-hydroxylation sites is 2. The highest BCUT2D eigenvalue weighted by atomic mass is 32.2. The van der Waals surface area contributed by atoms with Crippen LogP contribution in [0.3, 0.4) is 0 Å². The van der Waals surface area contributed by atoms with Gasteiger partial charge < -0.3 is 10.6 Å². The summed E-state index contributed by atoms with van der Waals surface area (Å²) in [6.07, 6.45) is 1.70. The third-order valence-electron chi connectivity index (χ3n) is 7.67. The number of amides is 3. The van der Waals surface area contributed by atoms with E-state index in [9.17, 15) is 14.4 Å². The molecule has 236 valence electrons. The Balaban J connectivity index is 1.19. The zero-order valence-corrected chi connectivity index (χ0v) is 27.1. The van der Waals surface area contributed by atoms with Crippen molar-refractivity contribution in [2.45, 2.75) is 17.1 Å². The maximum absolute atomic E-state index is 13.8. The van der Waals surface area contributed by atoms with Gasteiger partial charge >= 0.3 is 0 Å². The fourth-order valence-corrected chi connectivity index (χ4v) is 6.19. The molecule has 0 spiro atoms. The van der Waals surface area contributed by atoms with Crippen molar-refractivity contribution in [2.75, 3.05) is 10.2 Å². The van der Waals surface area contributed by atoms with E-state index in [1.165, 1.54) is 11.8 Å². The zero-order chi connectivity index (χ0) is 33.3. The summed E-state index contributed by atoms with van der Waals surface area (Å²) in [6, 6.07) is 49.0. The van der Waals surface area contributed by atoms with Gasteiger partial charge in [0.1, 0.15) is 5.70 Å². The Labute approximate surface area is 284 Å². The van der Waals surface area contributed by atoms with Crippen molar-refractivity contribution in [3.8, 4) is 0 Å². The van der Waals surface area contributed by atoms with Crippen LogP contribution in [0, 0.1) is 0 Å². The number of rotatable bonds is 10. The molecule has 1 unspecified atom stereocenters. The number of fused-ring (bicyclic) bond motifs is 1. The number of hydrogen-bond donors (Lipinski definition) is 2. The summed E-state index contributed by atoms with van der Waals surface area (Å²) in [5.74, 6) is -0.896. The van der Waals surface area contributed by atoms with Gasteiger partial charge in [0.05, 0.1) is 5.25 Å². The Morgan fingerprint density at radius 1 is 0.646 bits per heavy atom. The van der Waals surface area contributed by atoms with Crippen molar-refractivity contribution in [1.29, 1.82) is 0 Å². The molecule has 0 aliphatic rings. The minimum atomic E-state index is -0.461. The van der Waals surface area contributed by atoms with Crippen LogP contribution in [0.5, 0.6) is 0 Å². The van der Waals surface area contributed by atoms with E-state index >= 15 is 0 Å². The number of hydrogen-bond acceptors (Lipinski definition) is 4. The van der Waals surface area contributed by atoms with Gasteiger partial charge in [0.25, 0.3) is 11.8 Å². The van der Waals surface area contributed by atoms with Crippen molar-refractivity contribution < 1.29 is 14.4 Å². The molecule has 0 heterocycles. The molecule has 0 saturated heterocycles. The maximum atomic E-state index is 13.8. The second-order valence-electron chi connectivity index (χ2n) is 11.0. The Hall–Kier alpha value is -5.92. The third kappa shape index (κ3) is 7.71. The van der Waals surface area contributed by atoms with E-state index in [4.69, 9.17) is 0 Å². The van der Waals surface area contributed by atoms with E-state index in [0.29, 0.717) is 11.3 Å². The number of carbonyl (C=O) groups excluding carboxylic acids is 3. The van der Waals surface area contributed by atoms with Crippen LogP contribution in [0.15, 0.2) is 168 Å². The Morgan fingerprint density at radius 2 is 1.21 bits per heavy atom. The first kappa shape index (κ1) is 32.0. The van der Waals surface area contributed by atoms with Crippen molar-refractivity contribution in [2.24, 2.45) is 0 Å². The fraction of sp³-hybridized carbons (Fsp3) is 0.0488. The van der Waals surface area contributed by atoms with Crippen LogP contribution in [0.1, 0.15) is 22.8 Å². The van der Waals surface area contributed by atoms with Gasteiger partial charge in [-0.05, 0) is 90.0 Å². The van der Waals surface area contributed by atoms with Crippen LogP contribution >= 0.6 is 11.8 Å². The quantitative estimate of drug-likeness (QED) is 0.115. The molecule has 0 aromatic heterocycles. The van der Waals surface area contributed by atoms with Gasteiger partial charge in [-0.1, -0.05) is 97.1 Å². The minimum absolute atomic E-state index is 0.0489. The molecule has 3 amide bonds. The van der Waals surface area contributed by atoms with Gasteiger partial charge in [-0.2, -0.15) is 0 Å². The normalized spacial score (nSPS) is 11.8. The number of benzene rings is 6. The summed E-state index contributed by atoms with van der Waals surface area (Å²) in [4.78, 5) is 43.2. The predicted octanol–water partition coefficient (Wildman–Crippen LogP) is 9.09. The highest BCUT2D eigenvalue weighted by Gasteiger charge is 2.24. The average molecular weight is 648 g/mol. The van der Waals surface area contributed by atoms with E-state index in [1.807, 2.05) is 128 Å². The topological polar surface area (TPSA) is 78.5 Å². The summed E-state index contributed by atoms with van der Waals surface area (Å²) in [6.45, 7) is 1.89. The van der Waals surface area contributed by atoms with Crippen LogP contribution in [0.2, 0.25) is 0 Å². The Morgan fingerprint density at radius 3 is 1.85 bits per heavy atom. The lowest BCUT2D eigenvalue weighted by molar-refractivity contribution is -0.117. The smallest absolute Gasteiger partial charge is 0.272 e.